The maximum atomic E-state index is 13.8. The molecule has 2 aliphatic carbocycles. The summed E-state index contributed by atoms with van der Waals surface area (Å²) in [6, 6.07) is 9.89. The largest absolute Gasteiger partial charge is 0.474 e. The van der Waals surface area contributed by atoms with Crippen LogP contribution < -0.4 is 19.7 Å². The van der Waals surface area contributed by atoms with Gasteiger partial charge >= 0.3 is 0 Å². The minimum absolute atomic E-state index is 0.0203. The Morgan fingerprint density at radius 1 is 1.06 bits per heavy atom. The third-order valence-corrected chi connectivity index (χ3v) is 18.5. The average Bonchev–Trinajstić information content (AvgIpc) is 3.66. The smallest absolute Gasteiger partial charge is 0.281 e. The molecule has 1 spiro atoms. The van der Waals surface area contributed by atoms with E-state index in [0.29, 0.717) is 66.2 Å². The summed E-state index contributed by atoms with van der Waals surface area (Å²) in [7, 11) is -6.29. The molecule has 7 rings (SSSR count). The molecule has 3 aromatic heterocycles. The fraction of sp³-hybridized carbons (Fsp3) is 0.632. The summed E-state index contributed by atoms with van der Waals surface area (Å²) in [5.41, 5.74) is 0.269. The maximum Gasteiger partial charge on any atom is 0.281 e. The molecule has 4 aliphatic rings. The average molecular weight is 750 g/mol. The van der Waals surface area contributed by atoms with E-state index in [4.69, 9.17) is 19.2 Å². The van der Waals surface area contributed by atoms with Crippen LogP contribution in [-0.2, 0) is 14.4 Å². The zero-order valence-corrected chi connectivity index (χ0v) is 33.7. The molecule has 12 nitrogen and oxygen atoms in total. The Morgan fingerprint density at radius 2 is 1.83 bits per heavy atom. The number of fused-ring (bicyclic) bond motifs is 6. The first-order valence-corrected chi connectivity index (χ1v) is 23.2. The van der Waals surface area contributed by atoms with Crippen LogP contribution in [0.15, 0.2) is 47.6 Å². The van der Waals surface area contributed by atoms with Gasteiger partial charge in [-0.3, -0.25) is 4.79 Å². The van der Waals surface area contributed by atoms with Gasteiger partial charge in [0.2, 0.25) is 5.88 Å². The van der Waals surface area contributed by atoms with Gasteiger partial charge in [0.1, 0.15) is 18.2 Å². The van der Waals surface area contributed by atoms with Gasteiger partial charge in [0.25, 0.3) is 15.9 Å². The Labute approximate surface area is 309 Å². The third kappa shape index (κ3) is 7.10. The Bertz CT molecular complexity index is 1940. The van der Waals surface area contributed by atoms with E-state index in [1.807, 2.05) is 12.3 Å². The first-order chi connectivity index (χ1) is 24.4. The molecule has 0 aromatic carbocycles. The van der Waals surface area contributed by atoms with Gasteiger partial charge in [-0.15, -0.1) is 5.10 Å². The molecule has 3 fully saturated rings. The molecule has 2 unspecified atom stereocenters. The second-order valence-electron chi connectivity index (χ2n) is 17.7. The van der Waals surface area contributed by atoms with Gasteiger partial charge < -0.3 is 19.4 Å². The molecule has 4 atom stereocenters. The van der Waals surface area contributed by atoms with Crippen LogP contribution in [0.3, 0.4) is 0 Å². The number of anilines is 2. The van der Waals surface area contributed by atoms with E-state index in [2.05, 4.69) is 74.6 Å². The van der Waals surface area contributed by atoms with Crippen molar-refractivity contribution in [1.29, 1.82) is 0 Å². The Balaban J connectivity index is 1.18. The van der Waals surface area contributed by atoms with Crippen molar-refractivity contribution in [2.24, 2.45) is 23.2 Å². The standard InChI is InChI=1S/C38H55N7O5SSi/c1-25-15-20-39-30-10-9-11-33(40-30)51(47,48)43-35(46)27-12-13-31(41-34(27)44-23-26(25)22-37(44,5)6)45-21-16-32(42-45)49-24-29(28-14-17-38(28)18-19-38)50-52(7,8)36(2,3)4/h9-13,16,21,25-26,28-29H,14-15,17-20,22-24H2,1-8H3,(H,39,40)(H,43,46)/t25-,26-,28?,29?/m0/s1. The maximum absolute atomic E-state index is 13.8. The van der Waals surface area contributed by atoms with Gasteiger partial charge in [-0.2, -0.15) is 8.42 Å². The molecule has 52 heavy (non-hydrogen) atoms. The number of hydrogen-bond donors (Lipinski definition) is 2. The first-order valence-electron chi connectivity index (χ1n) is 18.8. The summed E-state index contributed by atoms with van der Waals surface area (Å²) in [5.74, 6) is 2.29. The van der Waals surface area contributed by atoms with Crippen molar-refractivity contribution >= 4 is 35.9 Å². The number of aromatic nitrogens is 4. The highest BCUT2D eigenvalue weighted by Gasteiger charge is 2.59. The summed E-state index contributed by atoms with van der Waals surface area (Å²) >= 11 is 0. The Morgan fingerprint density at radius 3 is 2.52 bits per heavy atom. The highest BCUT2D eigenvalue weighted by atomic mass is 32.2. The van der Waals surface area contributed by atoms with E-state index >= 15 is 0 Å². The number of sulfonamides is 1. The Hall–Kier alpha value is -3.49. The molecule has 3 aromatic rings. The Kier molecular flexibility index (Phi) is 9.29. The van der Waals surface area contributed by atoms with Gasteiger partial charge in [-0.05, 0) is 118 Å². The van der Waals surface area contributed by atoms with Crippen LogP contribution in [0.4, 0.5) is 11.6 Å². The van der Waals surface area contributed by atoms with Crippen LogP contribution in [-0.4, -0.2) is 73.7 Å². The van der Waals surface area contributed by atoms with Gasteiger partial charge in [-0.25, -0.2) is 19.4 Å². The minimum atomic E-state index is -4.26. The van der Waals surface area contributed by atoms with E-state index in [-0.39, 0.29) is 27.3 Å². The zero-order chi connectivity index (χ0) is 37.3. The predicted octanol–water partition coefficient (Wildman–Crippen LogP) is 6.80. The highest BCUT2D eigenvalue weighted by molar-refractivity contribution is 7.90. The van der Waals surface area contributed by atoms with E-state index in [1.54, 1.807) is 28.9 Å². The number of carbonyl (C=O) groups excluding carboxylic acids is 1. The molecule has 14 heteroatoms. The highest BCUT2D eigenvalue weighted by Crippen LogP contribution is 2.66. The summed E-state index contributed by atoms with van der Waals surface area (Å²) in [6.45, 7) is 19.8. The summed E-state index contributed by atoms with van der Waals surface area (Å²) in [5, 5.41) is 7.90. The van der Waals surface area contributed by atoms with Gasteiger partial charge in [0.15, 0.2) is 19.2 Å². The van der Waals surface area contributed by atoms with Crippen LogP contribution in [0, 0.1) is 23.2 Å². The number of ether oxygens (including phenoxy) is 1. The van der Waals surface area contributed by atoms with E-state index in [0.717, 1.165) is 12.8 Å². The third-order valence-electron chi connectivity index (χ3n) is 12.7. The lowest BCUT2D eigenvalue weighted by molar-refractivity contribution is -0.0192. The topological polar surface area (TPSA) is 141 Å². The lowest BCUT2D eigenvalue weighted by atomic mass is 9.67. The molecule has 2 saturated carbocycles. The number of nitrogens with one attached hydrogen (secondary N) is 2. The van der Waals surface area contributed by atoms with Gasteiger partial charge in [-0.1, -0.05) is 33.8 Å². The minimum Gasteiger partial charge on any atom is -0.474 e. The number of amides is 1. The molecule has 1 amide bonds. The van der Waals surface area contributed by atoms with Crippen LogP contribution in [0.1, 0.15) is 90.4 Å². The van der Waals surface area contributed by atoms with E-state index in [1.165, 1.54) is 31.7 Å². The zero-order valence-electron chi connectivity index (χ0n) is 31.9. The second kappa shape index (κ2) is 13.1. The number of pyridine rings is 2. The fourth-order valence-electron chi connectivity index (χ4n) is 8.10. The molecule has 282 valence electrons. The molecule has 2 N–H and O–H groups in total. The molecular weight excluding hydrogens is 695 g/mol. The number of nitrogens with zero attached hydrogens (tertiary/aromatic N) is 5. The van der Waals surface area contributed by atoms with Crippen LogP contribution in [0.25, 0.3) is 5.82 Å². The van der Waals surface area contributed by atoms with Crippen molar-refractivity contribution in [2.75, 3.05) is 29.9 Å². The lowest BCUT2D eigenvalue weighted by Crippen LogP contribution is -2.51. The quantitative estimate of drug-likeness (QED) is 0.248. The summed E-state index contributed by atoms with van der Waals surface area (Å²) in [6.07, 6.45) is 8.63. The number of carbonyl (C=O) groups is 1. The second-order valence-corrected chi connectivity index (χ2v) is 24.1. The molecule has 0 radical (unpaired) electrons. The van der Waals surface area contributed by atoms with Crippen LogP contribution >= 0.6 is 0 Å². The molecule has 4 bridgehead atoms. The van der Waals surface area contributed by atoms with Crippen LogP contribution in [0.2, 0.25) is 18.1 Å². The van der Waals surface area contributed by atoms with Crippen molar-refractivity contribution in [3.8, 4) is 11.7 Å². The first kappa shape index (κ1) is 36.8. The summed E-state index contributed by atoms with van der Waals surface area (Å²) in [4.78, 5) is 25.3. The van der Waals surface area contributed by atoms with Crippen molar-refractivity contribution in [3.05, 3.63) is 48.2 Å². The number of rotatable bonds is 7. The van der Waals surface area contributed by atoms with Crippen molar-refractivity contribution < 1.29 is 22.4 Å². The van der Waals surface area contributed by atoms with Crippen molar-refractivity contribution in [2.45, 2.75) is 115 Å². The van der Waals surface area contributed by atoms with Gasteiger partial charge in [0.05, 0.1) is 11.7 Å². The lowest BCUT2D eigenvalue weighted by Gasteiger charge is -2.47. The summed E-state index contributed by atoms with van der Waals surface area (Å²) < 4.78 is 44.1. The fourth-order valence-corrected chi connectivity index (χ4v) is 10.4. The van der Waals surface area contributed by atoms with E-state index < -0.39 is 24.2 Å². The molecule has 5 heterocycles. The molecular formula is C38H55N7O5SSi. The molecule has 1 saturated heterocycles. The monoisotopic (exact) mass is 749 g/mol. The number of hydrogen-bond acceptors (Lipinski definition) is 10. The van der Waals surface area contributed by atoms with Crippen molar-refractivity contribution in [1.82, 2.24) is 24.5 Å². The van der Waals surface area contributed by atoms with Gasteiger partial charge in [0, 0.05) is 30.9 Å². The molecule has 2 aliphatic heterocycles. The predicted molar refractivity (Wildman–Crippen MR) is 204 cm³/mol. The van der Waals surface area contributed by atoms with Crippen molar-refractivity contribution in [3.63, 3.8) is 0 Å². The van der Waals surface area contributed by atoms with Crippen LogP contribution in [0.5, 0.6) is 5.88 Å². The SMILES string of the molecule is C[C@H]1CCNc2cccc(n2)S(=O)(=O)NC(=O)c2ccc(-n3ccc(OCC(O[Si](C)(C)C(C)(C)C)C4CCC45CC5)n3)nc2N2C[C@@H]1CC2(C)C. The van der Waals surface area contributed by atoms with E-state index in [9.17, 15) is 13.2 Å². The normalized spacial score (nSPS) is 25.5.